The van der Waals surface area contributed by atoms with Gasteiger partial charge in [0.2, 0.25) is 0 Å². The molecule has 0 saturated carbocycles. The van der Waals surface area contributed by atoms with Gasteiger partial charge in [-0.05, 0) is 58.1 Å². The van der Waals surface area contributed by atoms with E-state index in [1.54, 1.807) is 14.2 Å². The van der Waals surface area contributed by atoms with Crippen LogP contribution < -0.4 is 9.47 Å². The molecule has 0 N–H and O–H groups in total. The predicted molar refractivity (Wildman–Crippen MR) is 102 cm³/mol. The third-order valence-corrected chi connectivity index (χ3v) is 4.59. The molecule has 0 spiro atoms. The van der Waals surface area contributed by atoms with Gasteiger partial charge in [0, 0.05) is 18.0 Å². The summed E-state index contributed by atoms with van der Waals surface area (Å²) in [7, 11) is 3.39. The molecule has 4 rings (SSSR count). The Morgan fingerprint density at radius 3 is 2.40 bits per heavy atom. The zero-order valence-corrected chi connectivity index (χ0v) is 14.3. The first-order valence-electron chi connectivity index (χ1n) is 8.26. The van der Waals surface area contributed by atoms with Crippen molar-refractivity contribution < 1.29 is 9.47 Å². The van der Waals surface area contributed by atoms with E-state index in [1.165, 1.54) is 16.3 Å². The van der Waals surface area contributed by atoms with Crippen LogP contribution in [0.15, 0.2) is 66.9 Å². The van der Waals surface area contributed by atoms with E-state index < -0.39 is 0 Å². The van der Waals surface area contributed by atoms with Gasteiger partial charge in [0.05, 0.1) is 19.9 Å². The lowest BCUT2D eigenvalue weighted by Gasteiger charge is -2.11. The van der Waals surface area contributed by atoms with Crippen LogP contribution in [0.25, 0.3) is 21.5 Å². The molecule has 0 aliphatic carbocycles. The molecule has 3 aromatic carbocycles. The summed E-state index contributed by atoms with van der Waals surface area (Å²) >= 11 is 0. The molecule has 3 nitrogen and oxygen atoms in total. The Morgan fingerprint density at radius 1 is 0.760 bits per heavy atom. The second-order valence-electron chi connectivity index (χ2n) is 6.03. The summed E-state index contributed by atoms with van der Waals surface area (Å²) in [5.41, 5.74) is 2.31. The lowest BCUT2D eigenvalue weighted by atomic mass is 9.98. The Balaban J connectivity index is 1.82. The second-order valence-corrected chi connectivity index (χ2v) is 6.03. The van der Waals surface area contributed by atoms with Crippen LogP contribution in [0.3, 0.4) is 0 Å². The number of methoxy groups -OCH3 is 2. The van der Waals surface area contributed by atoms with Gasteiger partial charge < -0.3 is 9.47 Å². The van der Waals surface area contributed by atoms with E-state index in [2.05, 4.69) is 41.4 Å². The Labute approximate surface area is 146 Å². The molecule has 0 aliphatic rings. The molecule has 25 heavy (non-hydrogen) atoms. The van der Waals surface area contributed by atoms with Crippen LogP contribution in [0.5, 0.6) is 11.5 Å². The number of aromatic nitrogens is 1. The first kappa shape index (κ1) is 15.5. The largest absolute Gasteiger partial charge is 0.497 e. The summed E-state index contributed by atoms with van der Waals surface area (Å²) in [5.74, 6) is 1.73. The lowest BCUT2D eigenvalue weighted by Crippen LogP contribution is -1.95. The van der Waals surface area contributed by atoms with Gasteiger partial charge in [-0.15, -0.1) is 0 Å². The highest BCUT2D eigenvalue weighted by atomic mass is 16.5. The minimum atomic E-state index is 0.772. The third kappa shape index (κ3) is 2.89. The summed E-state index contributed by atoms with van der Waals surface area (Å²) in [6.45, 7) is 0. The topological polar surface area (TPSA) is 31.4 Å². The first-order valence-corrected chi connectivity index (χ1v) is 8.26. The number of hydrogen-bond donors (Lipinski definition) is 0. The van der Waals surface area contributed by atoms with Crippen molar-refractivity contribution in [1.29, 1.82) is 0 Å². The van der Waals surface area contributed by atoms with Crippen molar-refractivity contribution in [2.24, 2.45) is 0 Å². The smallest absolute Gasteiger partial charge is 0.119 e. The number of fused-ring (bicyclic) bond motifs is 2. The van der Waals surface area contributed by atoms with Crippen molar-refractivity contribution in [2.75, 3.05) is 14.2 Å². The van der Waals surface area contributed by atoms with Crippen LogP contribution >= 0.6 is 0 Å². The number of benzene rings is 3. The van der Waals surface area contributed by atoms with Crippen molar-refractivity contribution >= 4 is 21.5 Å². The molecule has 0 aliphatic heterocycles. The van der Waals surface area contributed by atoms with E-state index in [0.29, 0.717) is 0 Å². The summed E-state index contributed by atoms with van der Waals surface area (Å²) in [6, 6.07) is 20.7. The van der Waals surface area contributed by atoms with Crippen molar-refractivity contribution in [1.82, 2.24) is 4.98 Å². The van der Waals surface area contributed by atoms with Gasteiger partial charge in [-0.1, -0.05) is 24.3 Å². The standard InChI is InChI=1S/C22H19NO2/c1-24-18-8-9-20-17(12-18)10-11-23-22(20)13-16-5-3-4-15-6-7-19(25-2)14-21(15)16/h3-12,14H,13H2,1-2H3. The number of ether oxygens (including phenoxy) is 2. The third-order valence-electron chi connectivity index (χ3n) is 4.59. The molecule has 1 heterocycles. The predicted octanol–water partition coefficient (Wildman–Crippen LogP) is 5.00. The Hall–Kier alpha value is -3.07. The quantitative estimate of drug-likeness (QED) is 0.528. The van der Waals surface area contributed by atoms with Gasteiger partial charge in [0.25, 0.3) is 0 Å². The molecule has 0 radical (unpaired) electrons. The highest BCUT2D eigenvalue weighted by molar-refractivity contribution is 5.89. The van der Waals surface area contributed by atoms with Gasteiger partial charge in [-0.25, -0.2) is 0 Å². The van der Waals surface area contributed by atoms with E-state index >= 15 is 0 Å². The van der Waals surface area contributed by atoms with Crippen molar-refractivity contribution in [2.45, 2.75) is 6.42 Å². The van der Waals surface area contributed by atoms with Crippen LogP contribution in [0.4, 0.5) is 0 Å². The highest BCUT2D eigenvalue weighted by Crippen LogP contribution is 2.28. The van der Waals surface area contributed by atoms with Crippen molar-refractivity contribution in [3.8, 4) is 11.5 Å². The van der Waals surface area contributed by atoms with Gasteiger partial charge in [0.15, 0.2) is 0 Å². The molecule has 0 atom stereocenters. The molecule has 4 aromatic rings. The number of hydrogen-bond acceptors (Lipinski definition) is 3. The lowest BCUT2D eigenvalue weighted by molar-refractivity contribution is 0.415. The number of pyridine rings is 1. The van der Waals surface area contributed by atoms with Crippen LogP contribution in [0.1, 0.15) is 11.3 Å². The van der Waals surface area contributed by atoms with Gasteiger partial charge in [0.1, 0.15) is 11.5 Å². The molecule has 0 fully saturated rings. The van der Waals surface area contributed by atoms with E-state index in [4.69, 9.17) is 9.47 Å². The first-order chi connectivity index (χ1) is 12.3. The molecule has 0 bridgehead atoms. The minimum absolute atomic E-state index is 0.772. The van der Waals surface area contributed by atoms with Gasteiger partial charge >= 0.3 is 0 Å². The maximum absolute atomic E-state index is 5.39. The molecule has 0 unspecified atom stereocenters. The Kier molecular flexibility index (Phi) is 3.98. The molecule has 0 saturated heterocycles. The van der Waals surface area contributed by atoms with E-state index in [0.717, 1.165) is 34.4 Å². The molecule has 3 heteroatoms. The van der Waals surface area contributed by atoms with E-state index in [9.17, 15) is 0 Å². The maximum Gasteiger partial charge on any atom is 0.119 e. The van der Waals surface area contributed by atoms with Crippen molar-refractivity contribution in [3.05, 3.63) is 78.1 Å². The van der Waals surface area contributed by atoms with E-state index in [1.807, 2.05) is 30.5 Å². The zero-order valence-electron chi connectivity index (χ0n) is 14.3. The van der Waals surface area contributed by atoms with Crippen LogP contribution in [0, 0.1) is 0 Å². The maximum atomic E-state index is 5.39. The normalized spacial score (nSPS) is 11.0. The average Bonchev–Trinajstić information content (AvgIpc) is 2.67. The number of rotatable bonds is 4. The van der Waals surface area contributed by atoms with Crippen LogP contribution in [-0.2, 0) is 6.42 Å². The summed E-state index contributed by atoms with van der Waals surface area (Å²) in [5, 5.41) is 4.71. The summed E-state index contributed by atoms with van der Waals surface area (Å²) in [6.07, 6.45) is 2.64. The Bertz CT molecular complexity index is 1060. The van der Waals surface area contributed by atoms with Crippen molar-refractivity contribution in [3.63, 3.8) is 0 Å². The summed E-state index contributed by atoms with van der Waals surface area (Å²) in [4.78, 5) is 4.63. The highest BCUT2D eigenvalue weighted by Gasteiger charge is 2.08. The molecule has 1 aromatic heterocycles. The molecule has 0 amide bonds. The van der Waals surface area contributed by atoms with Crippen LogP contribution in [-0.4, -0.2) is 19.2 Å². The fourth-order valence-corrected chi connectivity index (χ4v) is 3.26. The average molecular weight is 329 g/mol. The molecular weight excluding hydrogens is 310 g/mol. The fraction of sp³-hybridized carbons (Fsp3) is 0.136. The molecule has 124 valence electrons. The van der Waals surface area contributed by atoms with E-state index in [-0.39, 0.29) is 0 Å². The zero-order chi connectivity index (χ0) is 17.2. The monoisotopic (exact) mass is 329 g/mol. The molecular formula is C22H19NO2. The van der Waals surface area contributed by atoms with Gasteiger partial charge in [-0.3, -0.25) is 4.98 Å². The minimum Gasteiger partial charge on any atom is -0.497 e. The summed E-state index contributed by atoms with van der Waals surface area (Å²) < 4.78 is 10.7. The fourth-order valence-electron chi connectivity index (χ4n) is 3.26. The number of nitrogens with zero attached hydrogens (tertiary/aromatic N) is 1. The Morgan fingerprint density at radius 2 is 1.56 bits per heavy atom. The second kappa shape index (κ2) is 6.44. The van der Waals surface area contributed by atoms with Crippen LogP contribution in [0.2, 0.25) is 0 Å². The SMILES string of the molecule is COc1ccc2c(Cc3cccc4ccc(OC)cc34)nccc2c1. The van der Waals surface area contributed by atoms with Gasteiger partial charge in [-0.2, -0.15) is 0 Å².